The monoisotopic (exact) mass is 537 g/mol. The van der Waals surface area contributed by atoms with E-state index in [1.807, 2.05) is 31.2 Å². The maximum Gasteiger partial charge on any atom is 0.407 e. The van der Waals surface area contributed by atoms with Gasteiger partial charge in [0.05, 0.1) is 18.8 Å². The summed E-state index contributed by atoms with van der Waals surface area (Å²) < 4.78 is 40.9. The molecule has 2 aliphatic rings. The van der Waals surface area contributed by atoms with E-state index < -0.39 is 17.2 Å². The van der Waals surface area contributed by atoms with Crippen LogP contribution in [0.1, 0.15) is 44.2 Å². The van der Waals surface area contributed by atoms with Crippen LogP contribution in [0.3, 0.4) is 0 Å². The number of hydrogen-bond acceptors (Lipinski definition) is 9. The van der Waals surface area contributed by atoms with Crippen LogP contribution >= 0.6 is 11.2 Å². The van der Waals surface area contributed by atoms with Crippen molar-refractivity contribution in [2.45, 2.75) is 58.6 Å². The van der Waals surface area contributed by atoms with Crippen LogP contribution in [-0.2, 0) is 14.8 Å². The van der Waals surface area contributed by atoms with Crippen LogP contribution < -0.4 is 9.47 Å². The first-order valence-corrected chi connectivity index (χ1v) is 13.8. The van der Waals surface area contributed by atoms with Crippen LogP contribution in [0.25, 0.3) is 0 Å². The number of carbonyl (C=O) groups is 1. The number of rotatable bonds is 8. The largest absolute Gasteiger partial charge is 0.474 e. The second-order valence-electron chi connectivity index (χ2n) is 9.97. The summed E-state index contributed by atoms with van der Waals surface area (Å²) in [5.74, 6) is 1.83. The summed E-state index contributed by atoms with van der Waals surface area (Å²) in [7, 11) is 0. The van der Waals surface area contributed by atoms with Crippen molar-refractivity contribution in [3.8, 4) is 17.5 Å². The predicted octanol–water partition coefficient (Wildman–Crippen LogP) is 5.30. The molecule has 4 rings (SSSR count). The summed E-state index contributed by atoms with van der Waals surface area (Å²) in [5, 5.41) is 9.56. The Labute approximate surface area is 218 Å². The lowest BCUT2D eigenvalue weighted by Crippen LogP contribution is -2.48. The van der Waals surface area contributed by atoms with Gasteiger partial charge in [0.2, 0.25) is 22.9 Å². The van der Waals surface area contributed by atoms with Gasteiger partial charge < -0.3 is 19.5 Å². The Morgan fingerprint density at radius 2 is 1.84 bits per heavy atom. The summed E-state index contributed by atoms with van der Waals surface area (Å²) in [6.45, 7) is 6.88. The van der Waals surface area contributed by atoms with Crippen LogP contribution in [0.4, 0.5) is 4.79 Å². The van der Waals surface area contributed by atoms with E-state index in [-0.39, 0.29) is 31.3 Å². The van der Waals surface area contributed by atoms with Crippen molar-refractivity contribution in [2.24, 2.45) is 11.8 Å². The zero-order chi connectivity index (χ0) is 26.6. The fourth-order valence-corrected chi connectivity index (χ4v) is 5.45. The van der Waals surface area contributed by atoms with E-state index in [1.54, 1.807) is 0 Å². The molecule has 0 bridgehead atoms. The van der Waals surface area contributed by atoms with Crippen molar-refractivity contribution in [3.63, 3.8) is 0 Å². The minimum Gasteiger partial charge on any atom is -0.474 e. The average Bonchev–Trinajstić information content (AvgIpc) is 2.84. The number of ether oxygens (including phenoxy) is 2. The molecule has 37 heavy (non-hydrogen) atoms. The quantitative estimate of drug-likeness (QED) is 0.406. The van der Waals surface area contributed by atoms with Gasteiger partial charge >= 0.3 is 6.09 Å². The predicted molar refractivity (Wildman–Crippen MR) is 137 cm³/mol. The van der Waals surface area contributed by atoms with E-state index in [0.29, 0.717) is 54.8 Å². The van der Waals surface area contributed by atoms with Crippen LogP contribution in [-0.4, -0.2) is 67.1 Å². The highest BCUT2D eigenvalue weighted by Crippen LogP contribution is 2.45. The molecule has 1 amide bonds. The lowest BCUT2D eigenvalue weighted by molar-refractivity contribution is 0.0449. The fourth-order valence-electron chi connectivity index (χ4n) is 4.65. The molecule has 2 fully saturated rings. The van der Waals surface area contributed by atoms with Crippen molar-refractivity contribution in [2.75, 3.05) is 19.8 Å². The van der Waals surface area contributed by atoms with Gasteiger partial charge in [-0.1, -0.05) is 26.0 Å². The van der Waals surface area contributed by atoms with Gasteiger partial charge in [0.25, 0.3) is 0 Å². The van der Waals surface area contributed by atoms with Crippen LogP contribution in [0.5, 0.6) is 17.5 Å². The van der Waals surface area contributed by atoms with Gasteiger partial charge in [0.1, 0.15) is 18.2 Å². The number of piperidine rings is 1. The zero-order valence-electron chi connectivity index (χ0n) is 21.3. The standard InChI is InChI=1S/C25H35N3O8S/c1-16(2)10-20-12-22(8-9-28(20)25(29)30)36-24-17(3)23(26-15-27-24)35-21-6-4-18(5-7-21)11-19-13-33-37(31,32)34-14-19/h4-7,15-16,19-20,22,31-32H,8-14H2,1-3H3,(H,29,30). The molecule has 1 aromatic heterocycles. The first kappa shape index (κ1) is 27.4. The maximum atomic E-state index is 11.6. The van der Waals surface area contributed by atoms with Crippen molar-refractivity contribution in [1.29, 1.82) is 0 Å². The Hall–Kier alpha value is -2.64. The van der Waals surface area contributed by atoms with Gasteiger partial charge in [-0.2, -0.15) is 0 Å². The van der Waals surface area contributed by atoms with Gasteiger partial charge in [0.15, 0.2) is 0 Å². The van der Waals surface area contributed by atoms with Crippen molar-refractivity contribution >= 4 is 17.2 Å². The van der Waals surface area contributed by atoms with Crippen molar-refractivity contribution < 1.29 is 36.8 Å². The molecular weight excluding hydrogens is 502 g/mol. The second kappa shape index (κ2) is 11.8. The van der Waals surface area contributed by atoms with Crippen LogP contribution in [0, 0.1) is 18.8 Å². The molecular formula is C25H35N3O8S. The van der Waals surface area contributed by atoms with Crippen LogP contribution in [0.2, 0.25) is 0 Å². The Morgan fingerprint density at radius 1 is 1.16 bits per heavy atom. The summed E-state index contributed by atoms with van der Waals surface area (Å²) in [6.07, 6.45) is 3.03. The number of aromatic nitrogens is 2. The highest BCUT2D eigenvalue weighted by atomic mass is 32.3. The molecule has 0 saturated carbocycles. The van der Waals surface area contributed by atoms with E-state index in [0.717, 1.165) is 12.0 Å². The molecule has 2 saturated heterocycles. The summed E-state index contributed by atoms with van der Waals surface area (Å²) in [6, 6.07) is 7.46. The number of likely N-dealkylation sites (tertiary alicyclic amines) is 1. The molecule has 0 spiro atoms. The molecule has 3 N–H and O–H groups in total. The highest BCUT2D eigenvalue weighted by Gasteiger charge is 2.33. The normalized spacial score (nSPS) is 23.0. The number of hydrogen-bond donors (Lipinski definition) is 3. The summed E-state index contributed by atoms with van der Waals surface area (Å²) in [5.41, 5.74) is 1.71. The Bertz CT molecular complexity index is 1060. The lowest BCUT2D eigenvalue weighted by atomic mass is 9.92. The zero-order valence-corrected chi connectivity index (χ0v) is 22.1. The Balaban J connectivity index is 1.36. The number of amides is 1. The SMILES string of the molecule is Cc1c(Oc2ccc(CC3COS(O)(O)OC3)cc2)ncnc1OC1CCN(C(=O)O)C(CC(C)C)C1. The minimum absolute atomic E-state index is 0.0259. The Morgan fingerprint density at radius 3 is 2.49 bits per heavy atom. The molecule has 3 heterocycles. The van der Waals surface area contributed by atoms with Crippen molar-refractivity contribution in [1.82, 2.24) is 14.9 Å². The lowest BCUT2D eigenvalue weighted by Gasteiger charge is -2.38. The van der Waals surface area contributed by atoms with Crippen molar-refractivity contribution in [3.05, 3.63) is 41.7 Å². The number of carboxylic acid groups (broad SMARTS) is 1. The summed E-state index contributed by atoms with van der Waals surface area (Å²) >= 11 is -3.35. The fraction of sp³-hybridized carbons (Fsp3) is 0.560. The number of nitrogens with zero attached hydrogens (tertiary/aromatic N) is 3. The first-order valence-electron chi connectivity index (χ1n) is 12.4. The molecule has 2 atom stereocenters. The molecule has 11 nitrogen and oxygen atoms in total. The summed E-state index contributed by atoms with van der Waals surface area (Å²) in [4.78, 5) is 21.7. The Kier molecular flexibility index (Phi) is 8.75. The van der Waals surface area contributed by atoms with Gasteiger partial charge in [0, 0.05) is 31.3 Å². The second-order valence-corrected chi connectivity index (χ2v) is 11.3. The van der Waals surface area contributed by atoms with Gasteiger partial charge in [-0.15, -0.1) is 0 Å². The van der Waals surface area contributed by atoms with Gasteiger partial charge in [-0.05, 0) is 43.4 Å². The average molecular weight is 538 g/mol. The minimum atomic E-state index is -3.35. The molecule has 204 valence electrons. The van der Waals surface area contributed by atoms with E-state index in [1.165, 1.54) is 11.2 Å². The third kappa shape index (κ3) is 7.45. The molecule has 12 heteroatoms. The van der Waals surface area contributed by atoms with Crippen LogP contribution in [0.15, 0.2) is 30.6 Å². The molecule has 2 aliphatic heterocycles. The molecule has 2 aromatic rings. The van der Waals surface area contributed by atoms with E-state index in [2.05, 4.69) is 23.8 Å². The molecule has 1 aromatic carbocycles. The number of benzene rings is 1. The third-order valence-electron chi connectivity index (χ3n) is 6.50. The molecule has 2 unspecified atom stereocenters. The third-order valence-corrected chi connectivity index (χ3v) is 7.39. The maximum absolute atomic E-state index is 11.6. The first-order chi connectivity index (χ1) is 17.6. The molecule has 0 aliphatic carbocycles. The van der Waals surface area contributed by atoms with E-state index in [4.69, 9.17) is 17.8 Å². The highest BCUT2D eigenvalue weighted by molar-refractivity contribution is 8.16. The smallest absolute Gasteiger partial charge is 0.407 e. The van der Waals surface area contributed by atoms with Gasteiger partial charge in [-0.25, -0.2) is 14.8 Å². The van der Waals surface area contributed by atoms with Gasteiger partial charge in [-0.3, -0.25) is 17.5 Å². The topological polar surface area (TPSA) is 144 Å². The van der Waals surface area contributed by atoms with E-state index in [9.17, 15) is 19.0 Å². The molecule has 0 radical (unpaired) electrons. The van der Waals surface area contributed by atoms with E-state index >= 15 is 0 Å².